The van der Waals surface area contributed by atoms with Gasteiger partial charge in [0.25, 0.3) is 0 Å². The van der Waals surface area contributed by atoms with Gasteiger partial charge in [-0.2, -0.15) is 10.2 Å². The van der Waals surface area contributed by atoms with Crippen molar-refractivity contribution in [2.45, 2.75) is 19.3 Å². The molecule has 0 spiro atoms. The zero-order chi connectivity index (χ0) is 18.5. The quantitative estimate of drug-likeness (QED) is 0.438. The molecule has 5 aromatic rings. The molecule has 7 nitrogen and oxygen atoms in total. The molecular formula is C21H17N7. The van der Waals surface area contributed by atoms with Gasteiger partial charge in [-0.1, -0.05) is 18.2 Å². The minimum Gasteiger partial charge on any atom is -0.337 e. The molecule has 1 aromatic carbocycles. The monoisotopic (exact) mass is 367 g/mol. The maximum atomic E-state index is 4.92. The Bertz CT molecular complexity index is 1340. The molecule has 1 aliphatic rings. The number of nitrogens with zero attached hydrogens (tertiary/aromatic N) is 4. The zero-order valence-electron chi connectivity index (χ0n) is 15.0. The molecule has 3 N–H and O–H groups in total. The number of imidazole rings is 1. The van der Waals surface area contributed by atoms with Crippen LogP contribution in [0.15, 0.2) is 48.9 Å². The summed E-state index contributed by atoms with van der Waals surface area (Å²) in [5.74, 6) is 0.761. The number of nitrogens with one attached hydrogen (secondary N) is 3. The second-order valence-electron chi connectivity index (χ2n) is 7.08. The summed E-state index contributed by atoms with van der Waals surface area (Å²) in [4.78, 5) is 12.9. The fraction of sp³-hybridized carbons (Fsp3) is 0.143. The Morgan fingerprint density at radius 2 is 2.07 bits per heavy atom. The number of benzene rings is 1. The van der Waals surface area contributed by atoms with E-state index in [1.54, 1.807) is 12.4 Å². The SMILES string of the molecule is C1=C(c2cccc3[nH]c(-c4n[nH]c5cnc(-c6cn[nH]c6)cc45)nc23)CCC1. The first-order valence-corrected chi connectivity index (χ1v) is 9.38. The van der Waals surface area contributed by atoms with E-state index in [-0.39, 0.29) is 0 Å². The van der Waals surface area contributed by atoms with Crippen LogP contribution in [-0.4, -0.2) is 35.3 Å². The van der Waals surface area contributed by atoms with Crippen molar-refractivity contribution < 1.29 is 0 Å². The molecule has 4 aromatic heterocycles. The van der Waals surface area contributed by atoms with Crippen LogP contribution in [0.25, 0.3) is 50.3 Å². The van der Waals surface area contributed by atoms with Crippen molar-refractivity contribution in [3.63, 3.8) is 0 Å². The number of hydrogen-bond donors (Lipinski definition) is 3. The van der Waals surface area contributed by atoms with Crippen LogP contribution in [0, 0.1) is 0 Å². The van der Waals surface area contributed by atoms with E-state index in [0.29, 0.717) is 0 Å². The highest BCUT2D eigenvalue weighted by Crippen LogP contribution is 2.34. The molecular weight excluding hydrogens is 350 g/mol. The highest BCUT2D eigenvalue weighted by molar-refractivity contribution is 5.96. The van der Waals surface area contributed by atoms with Gasteiger partial charge < -0.3 is 4.98 Å². The van der Waals surface area contributed by atoms with E-state index in [1.807, 2.05) is 12.3 Å². The average Bonchev–Trinajstić information content (AvgIpc) is 3.53. The molecule has 0 aliphatic heterocycles. The Kier molecular flexibility index (Phi) is 3.22. The Morgan fingerprint density at radius 1 is 1.07 bits per heavy atom. The van der Waals surface area contributed by atoms with E-state index in [2.05, 4.69) is 54.6 Å². The molecule has 4 heterocycles. The molecule has 0 unspecified atom stereocenters. The summed E-state index contributed by atoms with van der Waals surface area (Å²) in [7, 11) is 0. The summed E-state index contributed by atoms with van der Waals surface area (Å²) in [6.45, 7) is 0. The van der Waals surface area contributed by atoms with E-state index in [1.165, 1.54) is 17.6 Å². The molecule has 7 heteroatoms. The number of hydrogen-bond acceptors (Lipinski definition) is 4. The van der Waals surface area contributed by atoms with Gasteiger partial charge in [-0.15, -0.1) is 0 Å². The van der Waals surface area contributed by atoms with Crippen molar-refractivity contribution in [1.82, 2.24) is 35.3 Å². The van der Waals surface area contributed by atoms with Crippen molar-refractivity contribution >= 4 is 27.5 Å². The fourth-order valence-corrected chi connectivity index (χ4v) is 3.96. The number of aromatic amines is 3. The molecule has 0 fully saturated rings. The van der Waals surface area contributed by atoms with Crippen molar-refractivity contribution in [2.75, 3.05) is 0 Å². The summed E-state index contributed by atoms with van der Waals surface area (Å²) in [6.07, 6.45) is 11.2. The molecule has 0 atom stereocenters. The summed E-state index contributed by atoms with van der Waals surface area (Å²) in [5, 5.41) is 15.4. The summed E-state index contributed by atoms with van der Waals surface area (Å²) in [5.41, 5.74) is 8.10. The van der Waals surface area contributed by atoms with Gasteiger partial charge >= 0.3 is 0 Å². The average molecular weight is 367 g/mol. The molecule has 0 radical (unpaired) electrons. The van der Waals surface area contributed by atoms with Crippen molar-refractivity contribution in [3.8, 4) is 22.8 Å². The molecule has 136 valence electrons. The van der Waals surface area contributed by atoms with Crippen LogP contribution in [0.3, 0.4) is 0 Å². The Hall–Kier alpha value is -3.74. The van der Waals surface area contributed by atoms with Crippen LogP contribution < -0.4 is 0 Å². The van der Waals surface area contributed by atoms with Gasteiger partial charge in [0.15, 0.2) is 5.82 Å². The largest absolute Gasteiger partial charge is 0.337 e. The molecule has 6 rings (SSSR count). The summed E-state index contributed by atoms with van der Waals surface area (Å²) >= 11 is 0. The van der Waals surface area contributed by atoms with Gasteiger partial charge in [-0.25, -0.2) is 4.98 Å². The van der Waals surface area contributed by atoms with E-state index in [0.717, 1.165) is 57.6 Å². The first-order valence-electron chi connectivity index (χ1n) is 9.38. The predicted octanol–water partition coefficient (Wildman–Crippen LogP) is 4.46. The smallest absolute Gasteiger partial charge is 0.159 e. The highest BCUT2D eigenvalue weighted by Gasteiger charge is 2.17. The van der Waals surface area contributed by atoms with Gasteiger partial charge in [0.05, 0.1) is 34.6 Å². The number of allylic oxidation sites excluding steroid dienone is 2. The molecule has 1 aliphatic carbocycles. The van der Waals surface area contributed by atoms with Crippen LogP contribution in [-0.2, 0) is 0 Å². The molecule has 0 saturated carbocycles. The number of aromatic nitrogens is 7. The highest BCUT2D eigenvalue weighted by atomic mass is 15.1. The summed E-state index contributed by atoms with van der Waals surface area (Å²) in [6, 6.07) is 8.33. The topological polar surface area (TPSA) is 98.9 Å². The van der Waals surface area contributed by atoms with Crippen LogP contribution >= 0.6 is 0 Å². The van der Waals surface area contributed by atoms with E-state index >= 15 is 0 Å². The van der Waals surface area contributed by atoms with Crippen LogP contribution in [0.2, 0.25) is 0 Å². The zero-order valence-corrected chi connectivity index (χ0v) is 15.0. The first kappa shape index (κ1) is 15.3. The van der Waals surface area contributed by atoms with E-state index < -0.39 is 0 Å². The maximum Gasteiger partial charge on any atom is 0.159 e. The lowest BCUT2D eigenvalue weighted by molar-refractivity contribution is 0.935. The number of H-pyrrole nitrogens is 3. The number of pyridine rings is 1. The lowest BCUT2D eigenvalue weighted by Crippen LogP contribution is -1.85. The van der Waals surface area contributed by atoms with Gasteiger partial charge in [0.2, 0.25) is 0 Å². The van der Waals surface area contributed by atoms with Gasteiger partial charge in [-0.05, 0) is 37.0 Å². The second-order valence-corrected chi connectivity index (χ2v) is 7.08. The number of rotatable bonds is 3. The van der Waals surface area contributed by atoms with Crippen LogP contribution in [0.4, 0.5) is 0 Å². The Morgan fingerprint density at radius 3 is 2.93 bits per heavy atom. The lowest BCUT2D eigenvalue weighted by Gasteiger charge is -2.02. The molecule has 0 bridgehead atoms. The van der Waals surface area contributed by atoms with E-state index in [9.17, 15) is 0 Å². The Balaban J connectivity index is 1.52. The van der Waals surface area contributed by atoms with Gasteiger partial charge in [0.1, 0.15) is 5.69 Å². The third-order valence-corrected chi connectivity index (χ3v) is 5.37. The van der Waals surface area contributed by atoms with Crippen LogP contribution in [0.5, 0.6) is 0 Å². The molecule has 0 saturated heterocycles. The summed E-state index contributed by atoms with van der Waals surface area (Å²) < 4.78 is 0. The van der Waals surface area contributed by atoms with E-state index in [4.69, 9.17) is 4.98 Å². The van der Waals surface area contributed by atoms with Crippen molar-refractivity contribution in [1.29, 1.82) is 0 Å². The second kappa shape index (κ2) is 5.88. The normalized spacial score (nSPS) is 14.2. The lowest BCUT2D eigenvalue weighted by atomic mass is 10.0. The molecule has 0 amide bonds. The van der Waals surface area contributed by atoms with Crippen LogP contribution in [0.1, 0.15) is 24.8 Å². The van der Waals surface area contributed by atoms with Gasteiger partial charge in [0, 0.05) is 22.7 Å². The third kappa shape index (κ3) is 2.29. The number of fused-ring (bicyclic) bond motifs is 2. The van der Waals surface area contributed by atoms with Crippen molar-refractivity contribution in [2.24, 2.45) is 0 Å². The first-order chi connectivity index (χ1) is 13.9. The fourth-order valence-electron chi connectivity index (χ4n) is 3.96. The Labute approximate surface area is 159 Å². The number of para-hydroxylation sites is 1. The third-order valence-electron chi connectivity index (χ3n) is 5.37. The minimum absolute atomic E-state index is 0.761. The van der Waals surface area contributed by atoms with Gasteiger partial charge in [-0.3, -0.25) is 15.2 Å². The van der Waals surface area contributed by atoms with Crippen molar-refractivity contribution in [3.05, 3.63) is 54.5 Å². The molecule has 28 heavy (non-hydrogen) atoms. The predicted molar refractivity (Wildman–Crippen MR) is 108 cm³/mol. The minimum atomic E-state index is 0.761. The maximum absolute atomic E-state index is 4.92. The standard InChI is InChI=1S/C21H17N7/c1-2-5-12(4-1)14-6-3-7-16-19(14)26-21(25-16)20-15-8-17(13-9-23-24-10-13)22-11-18(15)27-28-20/h3-4,6-11H,1-2,5H2,(H,23,24)(H,25,26)(H,27,28).